The third kappa shape index (κ3) is 4.60. The lowest BCUT2D eigenvalue weighted by molar-refractivity contribution is -0.141. The van der Waals surface area contributed by atoms with E-state index in [0.717, 1.165) is 22.5 Å². The highest BCUT2D eigenvalue weighted by Gasteiger charge is 2.16. The van der Waals surface area contributed by atoms with Crippen molar-refractivity contribution in [2.45, 2.75) is 16.3 Å². The Morgan fingerprint density at radius 1 is 1.21 bits per heavy atom. The Kier molecular flexibility index (Phi) is 6.25. The van der Waals surface area contributed by atoms with E-state index in [1.54, 1.807) is 22.8 Å². The number of thioether (sulfide) groups is 1. The van der Waals surface area contributed by atoms with Gasteiger partial charge in [-0.05, 0) is 36.6 Å². The fourth-order valence-corrected chi connectivity index (χ4v) is 5.06. The molecule has 0 fully saturated rings. The van der Waals surface area contributed by atoms with Crippen molar-refractivity contribution in [2.75, 3.05) is 19.6 Å². The second-order valence-corrected chi connectivity index (χ2v) is 9.94. The highest BCUT2D eigenvalue weighted by Crippen LogP contribution is 2.23. The lowest BCUT2D eigenvalue weighted by Crippen LogP contribution is -2.22. The summed E-state index contributed by atoms with van der Waals surface area (Å²) < 4.78 is 30.6. The van der Waals surface area contributed by atoms with Gasteiger partial charge in [0.05, 0.1) is 27.8 Å². The minimum Gasteiger partial charge on any atom is -0.468 e. The van der Waals surface area contributed by atoms with Gasteiger partial charge in [0, 0.05) is 11.2 Å². The molecule has 0 spiro atoms. The van der Waals surface area contributed by atoms with Crippen molar-refractivity contribution in [2.24, 2.45) is 4.99 Å². The maximum absolute atomic E-state index is 12.8. The number of methoxy groups -OCH3 is 1. The Morgan fingerprint density at radius 3 is 2.59 bits per heavy atom. The minimum atomic E-state index is -3.40. The molecule has 0 aliphatic rings. The fourth-order valence-electron chi connectivity index (χ4n) is 2.68. The van der Waals surface area contributed by atoms with Crippen molar-refractivity contribution < 1.29 is 22.7 Å². The zero-order chi connectivity index (χ0) is 21.2. The number of carbonyl (C=O) groups is 2. The third-order valence-corrected chi connectivity index (χ3v) is 7.08. The summed E-state index contributed by atoms with van der Waals surface area (Å²) in [5.74, 6) is -0.946. The van der Waals surface area contributed by atoms with Gasteiger partial charge in [-0.1, -0.05) is 23.5 Å². The molecule has 0 radical (unpaired) electrons. The molecule has 3 aromatic rings. The third-order valence-electron chi connectivity index (χ3n) is 4.13. The predicted octanol–water partition coefficient (Wildman–Crippen LogP) is 2.74. The summed E-state index contributed by atoms with van der Waals surface area (Å²) >= 11 is 2.58. The van der Waals surface area contributed by atoms with E-state index in [0.29, 0.717) is 15.8 Å². The number of hydrogen-bond donors (Lipinski definition) is 0. The fraction of sp³-hybridized carbons (Fsp3) is 0.211. The number of nitrogens with zero attached hydrogens (tertiary/aromatic N) is 2. The average Bonchev–Trinajstić information content (AvgIpc) is 3.03. The molecule has 0 unspecified atom stereocenters. The Hall–Kier alpha value is -2.43. The van der Waals surface area contributed by atoms with Gasteiger partial charge in [-0.25, -0.2) is 8.42 Å². The van der Waals surface area contributed by atoms with Crippen LogP contribution in [0, 0.1) is 0 Å². The van der Waals surface area contributed by atoms with Crippen LogP contribution < -0.4 is 4.80 Å². The van der Waals surface area contributed by atoms with Crippen molar-refractivity contribution in [3.05, 3.63) is 52.8 Å². The number of thiazole rings is 1. The summed E-state index contributed by atoms with van der Waals surface area (Å²) in [7, 11) is -2.12. The molecule has 0 bridgehead atoms. The molecule has 2 aromatic carbocycles. The van der Waals surface area contributed by atoms with E-state index in [2.05, 4.69) is 4.99 Å². The first-order valence-corrected chi connectivity index (χ1v) is 12.3. The molecule has 10 heteroatoms. The largest absolute Gasteiger partial charge is 0.468 e. The maximum Gasteiger partial charge on any atom is 0.325 e. The number of ether oxygens (including phenoxy) is 1. The van der Waals surface area contributed by atoms with E-state index < -0.39 is 21.7 Å². The van der Waals surface area contributed by atoms with Crippen LogP contribution in [0.4, 0.5) is 0 Å². The van der Waals surface area contributed by atoms with Gasteiger partial charge in [0.2, 0.25) is 0 Å². The van der Waals surface area contributed by atoms with Crippen LogP contribution in [0.25, 0.3) is 10.2 Å². The number of aromatic nitrogens is 1. The minimum absolute atomic E-state index is 0.148. The molecule has 3 rings (SSSR count). The van der Waals surface area contributed by atoms with Gasteiger partial charge in [-0.3, -0.25) is 9.59 Å². The molecular weight excluding hydrogens is 432 g/mol. The molecule has 0 aliphatic heterocycles. The van der Waals surface area contributed by atoms with Crippen LogP contribution in [-0.2, 0) is 25.9 Å². The second-order valence-electron chi connectivity index (χ2n) is 6.07. The van der Waals surface area contributed by atoms with Gasteiger partial charge in [0.15, 0.2) is 14.6 Å². The topological polar surface area (TPSA) is 94.8 Å². The van der Waals surface area contributed by atoms with Crippen LogP contribution in [0.15, 0.2) is 57.2 Å². The van der Waals surface area contributed by atoms with Crippen molar-refractivity contribution in [1.82, 2.24) is 4.57 Å². The van der Waals surface area contributed by atoms with Crippen molar-refractivity contribution in [3.8, 4) is 0 Å². The van der Waals surface area contributed by atoms with Crippen LogP contribution >= 0.6 is 23.1 Å². The van der Waals surface area contributed by atoms with Gasteiger partial charge in [-0.2, -0.15) is 4.99 Å². The zero-order valence-electron chi connectivity index (χ0n) is 15.9. The van der Waals surface area contributed by atoms with Gasteiger partial charge >= 0.3 is 5.97 Å². The van der Waals surface area contributed by atoms with E-state index in [4.69, 9.17) is 4.74 Å². The number of hydrogen-bond acceptors (Lipinski definition) is 7. The molecule has 1 amide bonds. The van der Waals surface area contributed by atoms with Crippen molar-refractivity contribution in [1.29, 1.82) is 0 Å². The number of benzene rings is 2. The Bertz CT molecular complexity index is 1270. The Labute approximate surface area is 176 Å². The van der Waals surface area contributed by atoms with Gasteiger partial charge in [0.1, 0.15) is 6.54 Å². The molecule has 7 nitrogen and oxygen atoms in total. The average molecular weight is 451 g/mol. The Balaban J connectivity index is 2.21. The number of fused-ring (bicyclic) bond motifs is 1. The summed E-state index contributed by atoms with van der Waals surface area (Å²) in [6.45, 7) is -0.148. The quantitative estimate of drug-likeness (QED) is 0.438. The summed E-state index contributed by atoms with van der Waals surface area (Å²) in [5.41, 5.74) is 1.05. The predicted molar refractivity (Wildman–Crippen MR) is 113 cm³/mol. The molecule has 1 aromatic heterocycles. The zero-order valence-corrected chi connectivity index (χ0v) is 18.4. The normalized spacial score (nSPS) is 12.3. The van der Waals surface area contributed by atoms with Gasteiger partial charge in [0.25, 0.3) is 5.91 Å². The summed E-state index contributed by atoms with van der Waals surface area (Å²) in [6, 6.07) is 11.7. The van der Waals surface area contributed by atoms with Crippen LogP contribution in [0.5, 0.6) is 0 Å². The van der Waals surface area contributed by atoms with Crippen LogP contribution in [0.1, 0.15) is 10.4 Å². The first-order chi connectivity index (χ1) is 13.7. The van der Waals surface area contributed by atoms with Crippen LogP contribution in [-0.4, -0.2) is 44.5 Å². The van der Waals surface area contributed by atoms with Gasteiger partial charge in [-0.15, -0.1) is 11.8 Å². The molecule has 0 saturated carbocycles. The molecule has 0 saturated heterocycles. The standard InChI is InChI=1S/C19H18N2O5S3/c1-26-17(22)11-21-14-9-8-12(29(3,24)25)10-16(14)28-19(21)20-18(23)13-6-4-5-7-15(13)27-2/h4-10H,11H2,1-3H3. The smallest absolute Gasteiger partial charge is 0.325 e. The molecule has 29 heavy (non-hydrogen) atoms. The first-order valence-electron chi connectivity index (χ1n) is 8.37. The molecular formula is C19H18N2O5S3. The molecule has 152 valence electrons. The van der Waals surface area contributed by atoms with E-state index >= 15 is 0 Å². The number of carbonyl (C=O) groups excluding carboxylic acids is 2. The van der Waals surface area contributed by atoms with Crippen molar-refractivity contribution >= 4 is 55.0 Å². The molecule has 1 heterocycles. The number of rotatable bonds is 5. The van der Waals surface area contributed by atoms with Crippen LogP contribution in [0.3, 0.4) is 0 Å². The SMILES string of the molecule is COC(=O)Cn1c(=NC(=O)c2ccccc2SC)sc2cc(S(C)(=O)=O)ccc21. The van der Waals surface area contributed by atoms with E-state index in [-0.39, 0.29) is 16.2 Å². The number of sulfone groups is 1. The first kappa shape index (κ1) is 21.3. The molecule has 0 atom stereocenters. The van der Waals surface area contributed by atoms with E-state index in [9.17, 15) is 18.0 Å². The number of esters is 1. The lowest BCUT2D eigenvalue weighted by atomic mass is 10.2. The molecule has 0 N–H and O–H groups in total. The van der Waals surface area contributed by atoms with Crippen molar-refractivity contribution in [3.63, 3.8) is 0 Å². The second kappa shape index (κ2) is 8.52. The maximum atomic E-state index is 12.8. The van der Waals surface area contributed by atoms with E-state index in [1.807, 2.05) is 18.4 Å². The number of amides is 1. The van der Waals surface area contributed by atoms with Crippen LogP contribution in [0.2, 0.25) is 0 Å². The Morgan fingerprint density at radius 2 is 1.93 bits per heavy atom. The van der Waals surface area contributed by atoms with E-state index in [1.165, 1.54) is 31.0 Å². The lowest BCUT2D eigenvalue weighted by Gasteiger charge is -2.05. The van der Waals surface area contributed by atoms with Gasteiger partial charge < -0.3 is 9.30 Å². The highest BCUT2D eigenvalue weighted by molar-refractivity contribution is 7.98. The summed E-state index contributed by atoms with van der Waals surface area (Å²) in [6.07, 6.45) is 2.99. The molecule has 0 aliphatic carbocycles. The monoisotopic (exact) mass is 450 g/mol. The summed E-state index contributed by atoms with van der Waals surface area (Å²) in [4.78, 5) is 30.2. The highest BCUT2D eigenvalue weighted by atomic mass is 32.2. The summed E-state index contributed by atoms with van der Waals surface area (Å²) in [5, 5.41) is 0.